The average Bonchev–Trinajstić information content (AvgIpc) is 3.14. The van der Waals surface area contributed by atoms with Gasteiger partial charge in [-0.05, 0) is 60.7 Å². The Balaban J connectivity index is 1.76. The predicted octanol–water partition coefficient (Wildman–Crippen LogP) is 5.70. The summed E-state index contributed by atoms with van der Waals surface area (Å²) in [4.78, 5) is 2.98. The summed E-state index contributed by atoms with van der Waals surface area (Å²) in [6.45, 7) is 0.640. The molecule has 7 heteroatoms. The van der Waals surface area contributed by atoms with E-state index in [9.17, 15) is 8.60 Å². The first kappa shape index (κ1) is 20.2. The molecule has 29 heavy (non-hydrogen) atoms. The number of anilines is 1. The standard InChI is InChI=1S/C22H18ClFN2OS2/c1-29(27)20-12-2-15(3-13-20)22-21(28-19-10-4-16(23)5-11-19)14-25-26(22)18-8-6-17(24)7-9-18/h2-13,25H,14H2,1H3. The number of halogens is 2. The molecule has 0 spiro atoms. The fourth-order valence-electron chi connectivity index (χ4n) is 3.07. The van der Waals surface area contributed by atoms with Gasteiger partial charge in [0, 0.05) is 48.9 Å². The molecule has 3 nitrogen and oxygen atoms in total. The van der Waals surface area contributed by atoms with Crippen LogP contribution in [-0.2, 0) is 10.8 Å². The van der Waals surface area contributed by atoms with Crippen molar-refractivity contribution in [3.63, 3.8) is 0 Å². The second kappa shape index (κ2) is 8.71. The molecule has 4 rings (SSSR count). The highest BCUT2D eigenvalue weighted by Crippen LogP contribution is 2.39. The Hall–Kier alpha value is -2.12. The van der Waals surface area contributed by atoms with Crippen LogP contribution in [0.5, 0.6) is 0 Å². The molecule has 0 bridgehead atoms. The molecule has 1 unspecified atom stereocenters. The topological polar surface area (TPSA) is 32.3 Å². The van der Waals surface area contributed by atoms with E-state index in [0.29, 0.717) is 11.6 Å². The van der Waals surface area contributed by atoms with Gasteiger partial charge in [-0.15, -0.1) is 0 Å². The van der Waals surface area contributed by atoms with E-state index < -0.39 is 10.8 Å². The van der Waals surface area contributed by atoms with Crippen LogP contribution in [0.4, 0.5) is 10.1 Å². The van der Waals surface area contributed by atoms with Gasteiger partial charge < -0.3 is 0 Å². The molecule has 148 valence electrons. The van der Waals surface area contributed by atoms with Crippen LogP contribution in [0.15, 0.2) is 87.5 Å². The summed E-state index contributed by atoms with van der Waals surface area (Å²) in [7, 11) is -1.03. The summed E-state index contributed by atoms with van der Waals surface area (Å²) in [5, 5.41) is 2.67. The summed E-state index contributed by atoms with van der Waals surface area (Å²) in [6, 6.07) is 21.8. The highest BCUT2D eigenvalue weighted by atomic mass is 35.5. The summed E-state index contributed by atoms with van der Waals surface area (Å²) in [6.07, 6.45) is 1.66. The Labute approximate surface area is 181 Å². The van der Waals surface area contributed by atoms with E-state index in [0.717, 1.165) is 31.6 Å². The largest absolute Gasteiger partial charge is 0.275 e. The van der Waals surface area contributed by atoms with E-state index in [-0.39, 0.29) is 5.82 Å². The molecule has 1 heterocycles. The molecule has 1 aliphatic rings. The van der Waals surface area contributed by atoms with Crippen molar-refractivity contribution >= 4 is 45.5 Å². The lowest BCUT2D eigenvalue weighted by Crippen LogP contribution is -2.31. The number of hydrogen-bond donors (Lipinski definition) is 1. The second-order valence-corrected chi connectivity index (χ2v) is 9.44. The maximum atomic E-state index is 13.4. The van der Waals surface area contributed by atoms with Crippen LogP contribution in [0.2, 0.25) is 5.02 Å². The van der Waals surface area contributed by atoms with Gasteiger partial charge in [-0.25, -0.2) is 9.82 Å². The Kier molecular flexibility index (Phi) is 6.06. The maximum Gasteiger partial charge on any atom is 0.123 e. The molecule has 0 aromatic heterocycles. The van der Waals surface area contributed by atoms with Gasteiger partial charge in [-0.2, -0.15) is 0 Å². The van der Waals surface area contributed by atoms with Gasteiger partial charge in [0.1, 0.15) is 5.82 Å². The van der Waals surface area contributed by atoms with Gasteiger partial charge in [0.2, 0.25) is 0 Å². The second-order valence-electron chi connectivity index (χ2n) is 6.45. The van der Waals surface area contributed by atoms with E-state index in [1.165, 1.54) is 12.1 Å². The smallest absolute Gasteiger partial charge is 0.123 e. The van der Waals surface area contributed by atoms with Crippen molar-refractivity contribution in [2.24, 2.45) is 0 Å². The number of rotatable bonds is 5. The Morgan fingerprint density at radius 3 is 2.28 bits per heavy atom. The molecule has 1 N–H and O–H groups in total. The first-order chi connectivity index (χ1) is 14.0. The maximum absolute atomic E-state index is 13.4. The third-order valence-corrected chi connectivity index (χ3v) is 6.76. The highest BCUT2D eigenvalue weighted by Gasteiger charge is 2.26. The van der Waals surface area contributed by atoms with Crippen molar-refractivity contribution in [3.05, 3.63) is 94.1 Å². The van der Waals surface area contributed by atoms with Gasteiger partial charge in [0.15, 0.2) is 0 Å². The van der Waals surface area contributed by atoms with E-state index >= 15 is 0 Å². The highest BCUT2D eigenvalue weighted by molar-refractivity contribution is 8.03. The molecule has 0 saturated carbocycles. The molecule has 0 amide bonds. The monoisotopic (exact) mass is 444 g/mol. The lowest BCUT2D eigenvalue weighted by atomic mass is 10.1. The van der Waals surface area contributed by atoms with Crippen LogP contribution >= 0.6 is 23.4 Å². The van der Waals surface area contributed by atoms with Gasteiger partial charge in [-0.3, -0.25) is 9.22 Å². The third-order valence-electron chi connectivity index (χ3n) is 4.48. The lowest BCUT2D eigenvalue weighted by molar-refractivity contribution is 0.627. The zero-order valence-electron chi connectivity index (χ0n) is 15.6. The van der Waals surface area contributed by atoms with Crippen molar-refractivity contribution in [3.8, 4) is 0 Å². The van der Waals surface area contributed by atoms with Gasteiger partial charge in [0.05, 0.1) is 11.4 Å². The molecule has 0 fully saturated rings. The van der Waals surface area contributed by atoms with Gasteiger partial charge in [-0.1, -0.05) is 35.5 Å². The zero-order chi connectivity index (χ0) is 20.4. The van der Waals surface area contributed by atoms with Gasteiger partial charge in [0.25, 0.3) is 0 Å². The number of nitrogens with one attached hydrogen (secondary N) is 1. The minimum Gasteiger partial charge on any atom is -0.275 e. The van der Waals surface area contributed by atoms with Crippen molar-refractivity contribution in [2.45, 2.75) is 9.79 Å². The van der Waals surface area contributed by atoms with Crippen LogP contribution in [0.25, 0.3) is 5.70 Å². The predicted molar refractivity (Wildman–Crippen MR) is 120 cm³/mol. The minimum atomic E-state index is -1.03. The molecule has 0 saturated heterocycles. The zero-order valence-corrected chi connectivity index (χ0v) is 18.0. The third kappa shape index (κ3) is 4.56. The van der Waals surface area contributed by atoms with Crippen LogP contribution < -0.4 is 10.4 Å². The number of thioether (sulfide) groups is 1. The minimum absolute atomic E-state index is 0.274. The summed E-state index contributed by atoms with van der Waals surface area (Å²) in [5.74, 6) is -0.274. The number of nitrogens with zero attached hydrogens (tertiary/aromatic N) is 1. The van der Waals surface area contributed by atoms with Crippen LogP contribution in [0, 0.1) is 5.82 Å². The van der Waals surface area contributed by atoms with E-state index in [1.54, 1.807) is 30.2 Å². The summed E-state index contributed by atoms with van der Waals surface area (Å²) < 4.78 is 25.2. The first-order valence-corrected chi connectivity index (χ1v) is 11.7. The van der Waals surface area contributed by atoms with E-state index in [4.69, 9.17) is 11.6 Å². The Bertz CT molecular complexity index is 1070. The molecule has 0 aliphatic carbocycles. The number of hydrogen-bond acceptors (Lipinski definition) is 4. The molecule has 0 radical (unpaired) electrons. The fraction of sp³-hybridized carbons (Fsp3) is 0.0909. The van der Waals surface area contributed by atoms with Crippen molar-refractivity contribution in [2.75, 3.05) is 17.8 Å². The molecule has 1 aliphatic heterocycles. The summed E-state index contributed by atoms with van der Waals surface area (Å²) >= 11 is 7.67. The van der Waals surface area contributed by atoms with Gasteiger partial charge >= 0.3 is 0 Å². The van der Waals surface area contributed by atoms with Crippen molar-refractivity contribution in [1.29, 1.82) is 0 Å². The van der Waals surface area contributed by atoms with Crippen LogP contribution in [0.1, 0.15) is 5.56 Å². The molecular weight excluding hydrogens is 427 g/mol. The molecule has 3 aromatic rings. The fourth-order valence-corrected chi connectivity index (χ4v) is 4.72. The van der Waals surface area contributed by atoms with E-state index in [2.05, 4.69) is 5.43 Å². The summed E-state index contributed by atoms with van der Waals surface area (Å²) in [5.41, 5.74) is 6.22. The Morgan fingerprint density at radius 1 is 1.00 bits per heavy atom. The molecule has 3 aromatic carbocycles. The van der Waals surface area contributed by atoms with Crippen molar-refractivity contribution in [1.82, 2.24) is 5.43 Å². The quantitative estimate of drug-likeness (QED) is 0.547. The normalized spacial score (nSPS) is 15.1. The average molecular weight is 445 g/mol. The first-order valence-electron chi connectivity index (χ1n) is 8.91. The van der Waals surface area contributed by atoms with Crippen LogP contribution in [-0.4, -0.2) is 17.0 Å². The van der Waals surface area contributed by atoms with Crippen molar-refractivity contribution < 1.29 is 8.60 Å². The number of benzene rings is 3. The molecular formula is C22H18ClFN2OS2. The molecule has 1 atom stereocenters. The van der Waals surface area contributed by atoms with Crippen LogP contribution in [0.3, 0.4) is 0 Å². The number of hydrazine groups is 1. The Morgan fingerprint density at radius 2 is 1.66 bits per heavy atom. The van der Waals surface area contributed by atoms with E-state index in [1.807, 2.05) is 53.5 Å². The SMILES string of the molecule is CS(=O)c1ccc(C2=C(Sc3ccc(Cl)cc3)CNN2c2ccc(F)cc2)cc1. The lowest BCUT2D eigenvalue weighted by Gasteiger charge is -2.23.